The van der Waals surface area contributed by atoms with Crippen LogP contribution in [0.25, 0.3) is 0 Å². The van der Waals surface area contributed by atoms with Gasteiger partial charge in [-0.2, -0.15) is 0 Å². The molecule has 0 bridgehead atoms. The summed E-state index contributed by atoms with van der Waals surface area (Å²) in [5.74, 6) is 1.54. The first-order chi connectivity index (χ1) is 12.6. The van der Waals surface area contributed by atoms with E-state index in [0.717, 1.165) is 41.1 Å². The van der Waals surface area contributed by atoms with Gasteiger partial charge in [-0.05, 0) is 65.5 Å². The number of carbonyl (C=O) groups is 1. The number of nitrogens with one attached hydrogen (secondary N) is 1. The van der Waals surface area contributed by atoms with Crippen LogP contribution in [-0.4, -0.2) is 55.6 Å². The van der Waals surface area contributed by atoms with E-state index < -0.39 is 0 Å². The van der Waals surface area contributed by atoms with Crippen LogP contribution in [0.5, 0.6) is 5.75 Å². The van der Waals surface area contributed by atoms with Gasteiger partial charge in [-0.1, -0.05) is 6.07 Å². The number of pyridine rings is 1. The molecule has 1 saturated heterocycles. The Kier molecular flexibility index (Phi) is 6.67. The van der Waals surface area contributed by atoms with Crippen molar-refractivity contribution in [1.82, 2.24) is 15.2 Å². The molecule has 1 fully saturated rings. The number of halogens is 1. The molecule has 3 rings (SSSR count). The van der Waals surface area contributed by atoms with Gasteiger partial charge in [0.25, 0.3) is 5.91 Å². The van der Waals surface area contributed by atoms with Crippen molar-refractivity contribution in [2.45, 2.75) is 6.54 Å². The standard InChI is InChI=1S/C19H23IN4O2/c1-23-8-10-24(11-9-23)18-7-2-15(12-21-18)13-22-19(25)14-26-17-5-3-16(20)4-6-17/h2-7,12H,8-11,13-14H2,1H3,(H,22,25). The zero-order valence-corrected chi connectivity index (χ0v) is 17.0. The van der Waals surface area contributed by atoms with E-state index in [-0.39, 0.29) is 12.5 Å². The van der Waals surface area contributed by atoms with Crippen LogP contribution in [0.1, 0.15) is 5.56 Å². The number of rotatable bonds is 6. The molecule has 2 aromatic rings. The van der Waals surface area contributed by atoms with Gasteiger partial charge in [0.15, 0.2) is 6.61 Å². The predicted molar refractivity (Wildman–Crippen MR) is 110 cm³/mol. The molecule has 26 heavy (non-hydrogen) atoms. The summed E-state index contributed by atoms with van der Waals surface area (Å²) in [6.07, 6.45) is 1.83. The van der Waals surface area contributed by atoms with E-state index >= 15 is 0 Å². The summed E-state index contributed by atoms with van der Waals surface area (Å²) >= 11 is 2.23. The molecule has 1 aromatic heterocycles. The molecule has 2 heterocycles. The van der Waals surface area contributed by atoms with Gasteiger partial charge < -0.3 is 19.9 Å². The zero-order valence-electron chi connectivity index (χ0n) is 14.8. The van der Waals surface area contributed by atoms with Crippen molar-refractivity contribution in [3.8, 4) is 5.75 Å². The van der Waals surface area contributed by atoms with Gasteiger partial charge in [-0.15, -0.1) is 0 Å². The van der Waals surface area contributed by atoms with Crippen molar-refractivity contribution in [2.24, 2.45) is 0 Å². The molecule has 7 heteroatoms. The molecule has 1 aliphatic rings. The minimum absolute atomic E-state index is 0.00734. The summed E-state index contributed by atoms with van der Waals surface area (Å²) in [5, 5.41) is 2.86. The fourth-order valence-electron chi connectivity index (χ4n) is 2.68. The first-order valence-corrected chi connectivity index (χ1v) is 9.71. The van der Waals surface area contributed by atoms with Crippen molar-refractivity contribution in [3.05, 3.63) is 51.7 Å². The van der Waals surface area contributed by atoms with Crippen LogP contribution in [0.3, 0.4) is 0 Å². The number of hydrogen-bond acceptors (Lipinski definition) is 5. The van der Waals surface area contributed by atoms with Gasteiger partial charge in [-0.3, -0.25) is 4.79 Å². The van der Waals surface area contributed by atoms with Crippen LogP contribution < -0.4 is 15.0 Å². The average Bonchev–Trinajstić information content (AvgIpc) is 2.67. The summed E-state index contributed by atoms with van der Waals surface area (Å²) in [7, 11) is 2.14. The fourth-order valence-corrected chi connectivity index (χ4v) is 3.03. The number of nitrogens with zero attached hydrogens (tertiary/aromatic N) is 3. The lowest BCUT2D eigenvalue weighted by molar-refractivity contribution is -0.123. The molecule has 0 aliphatic carbocycles. The monoisotopic (exact) mass is 466 g/mol. The predicted octanol–water partition coefficient (Wildman–Crippen LogP) is 2.13. The number of anilines is 1. The molecule has 0 saturated carbocycles. The molecule has 1 aromatic carbocycles. The Balaban J connectivity index is 1.42. The number of ether oxygens (including phenoxy) is 1. The number of carbonyl (C=O) groups excluding carboxylic acids is 1. The van der Waals surface area contributed by atoms with Gasteiger partial charge in [0.05, 0.1) is 0 Å². The smallest absolute Gasteiger partial charge is 0.258 e. The molecule has 6 nitrogen and oxygen atoms in total. The van der Waals surface area contributed by atoms with Crippen LogP contribution in [0.15, 0.2) is 42.6 Å². The highest BCUT2D eigenvalue weighted by Gasteiger charge is 2.15. The van der Waals surface area contributed by atoms with Crippen LogP contribution in [0.4, 0.5) is 5.82 Å². The van der Waals surface area contributed by atoms with Gasteiger partial charge >= 0.3 is 0 Å². The molecule has 0 spiro atoms. The number of amides is 1. The Morgan fingerprint density at radius 1 is 1.15 bits per heavy atom. The van der Waals surface area contributed by atoms with Crippen LogP contribution in [0, 0.1) is 3.57 Å². The minimum atomic E-state index is -0.147. The number of aromatic nitrogens is 1. The lowest BCUT2D eigenvalue weighted by Crippen LogP contribution is -2.44. The van der Waals surface area contributed by atoms with Gasteiger partial charge in [0, 0.05) is 42.5 Å². The Morgan fingerprint density at radius 2 is 1.88 bits per heavy atom. The average molecular weight is 466 g/mol. The minimum Gasteiger partial charge on any atom is -0.484 e. The molecule has 0 atom stereocenters. The van der Waals surface area contributed by atoms with E-state index in [1.807, 2.05) is 42.6 Å². The summed E-state index contributed by atoms with van der Waals surface area (Å²) in [4.78, 5) is 21.1. The van der Waals surface area contributed by atoms with E-state index in [9.17, 15) is 4.79 Å². The second-order valence-corrected chi connectivity index (χ2v) is 7.58. The maximum atomic E-state index is 11.9. The van der Waals surface area contributed by atoms with Crippen LogP contribution in [0.2, 0.25) is 0 Å². The second kappa shape index (κ2) is 9.18. The fraction of sp³-hybridized carbons (Fsp3) is 0.368. The Bertz CT molecular complexity index is 713. The number of hydrogen-bond donors (Lipinski definition) is 1. The lowest BCUT2D eigenvalue weighted by atomic mass is 10.2. The van der Waals surface area contributed by atoms with Crippen LogP contribution >= 0.6 is 22.6 Å². The molecule has 0 radical (unpaired) electrons. The summed E-state index contributed by atoms with van der Waals surface area (Å²) in [6, 6.07) is 11.6. The maximum absolute atomic E-state index is 11.9. The van der Waals surface area contributed by atoms with Gasteiger partial charge in [-0.25, -0.2) is 4.98 Å². The third kappa shape index (κ3) is 5.57. The van der Waals surface area contributed by atoms with Crippen molar-refractivity contribution in [3.63, 3.8) is 0 Å². The van der Waals surface area contributed by atoms with Gasteiger partial charge in [0.2, 0.25) is 0 Å². The van der Waals surface area contributed by atoms with E-state index in [1.54, 1.807) is 0 Å². The molecule has 1 aliphatic heterocycles. The van der Waals surface area contributed by atoms with E-state index in [4.69, 9.17) is 4.74 Å². The van der Waals surface area contributed by atoms with E-state index in [1.165, 1.54) is 0 Å². The van der Waals surface area contributed by atoms with E-state index in [2.05, 4.69) is 49.7 Å². The maximum Gasteiger partial charge on any atom is 0.258 e. The van der Waals surface area contributed by atoms with Crippen molar-refractivity contribution in [2.75, 3.05) is 44.7 Å². The highest BCUT2D eigenvalue weighted by Crippen LogP contribution is 2.14. The number of piperazine rings is 1. The third-order valence-electron chi connectivity index (χ3n) is 4.31. The second-order valence-electron chi connectivity index (χ2n) is 6.33. The SMILES string of the molecule is CN1CCN(c2ccc(CNC(=O)COc3ccc(I)cc3)cn2)CC1. The highest BCUT2D eigenvalue weighted by molar-refractivity contribution is 14.1. The quantitative estimate of drug-likeness (QED) is 0.662. The van der Waals surface area contributed by atoms with Gasteiger partial charge in [0.1, 0.15) is 11.6 Å². The largest absolute Gasteiger partial charge is 0.484 e. The lowest BCUT2D eigenvalue weighted by Gasteiger charge is -2.33. The van der Waals surface area contributed by atoms with Crippen molar-refractivity contribution >= 4 is 34.3 Å². The summed E-state index contributed by atoms with van der Waals surface area (Å²) in [6.45, 7) is 4.56. The zero-order chi connectivity index (χ0) is 18.4. The molecule has 138 valence electrons. The summed E-state index contributed by atoms with van der Waals surface area (Å²) in [5.41, 5.74) is 0.977. The molecular weight excluding hydrogens is 443 g/mol. The van der Waals surface area contributed by atoms with Crippen molar-refractivity contribution in [1.29, 1.82) is 0 Å². The first kappa shape index (κ1) is 18.9. The third-order valence-corrected chi connectivity index (χ3v) is 5.03. The molecule has 0 unspecified atom stereocenters. The molecule has 1 amide bonds. The topological polar surface area (TPSA) is 57.7 Å². The highest BCUT2D eigenvalue weighted by atomic mass is 127. The summed E-state index contributed by atoms with van der Waals surface area (Å²) < 4.78 is 6.61. The Labute approximate surface area is 167 Å². The first-order valence-electron chi connectivity index (χ1n) is 8.63. The Morgan fingerprint density at radius 3 is 2.54 bits per heavy atom. The molecular formula is C19H23IN4O2. The van der Waals surface area contributed by atoms with Crippen LogP contribution in [-0.2, 0) is 11.3 Å². The normalized spacial score (nSPS) is 14.9. The van der Waals surface area contributed by atoms with Crippen molar-refractivity contribution < 1.29 is 9.53 Å². The molecule has 1 N–H and O–H groups in total. The van der Waals surface area contributed by atoms with E-state index in [0.29, 0.717) is 12.3 Å². The number of benzene rings is 1. The number of likely N-dealkylation sites (N-methyl/N-ethyl adjacent to an activating group) is 1. The Hall–Kier alpha value is -1.87.